The van der Waals surface area contributed by atoms with Crippen LogP contribution in [0, 0.1) is 20.8 Å². The summed E-state index contributed by atoms with van der Waals surface area (Å²) in [6, 6.07) is 3.88. The van der Waals surface area contributed by atoms with E-state index in [1.807, 2.05) is 32.9 Å². The predicted octanol–water partition coefficient (Wildman–Crippen LogP) is 2.77. The Morgan fingerprint density at radius 3 is 2.33 bits per heavy atom. The average Bonchev–Trinajstić information content (AvgIpc) is 2.29. The molecule has 0 fully saturated rings. The van der Waals surface area contributed by atoms with Crippen LogP contribution in [0.5, 0.6) is 5.75 Å². The van der Waals surface area contributed by atoms with Crippen molar-refractivity contribution in [2.45, 2.75) is 40.0 Å². The fraction of sp³-hybridized carbons (Fsp3) is 0.429. The molecule has 0 atom stereocenters. The van der Waals surface area contributed by atoms with E-state index in [2.05, 4.69) is 0 Å². The van der Waals surface area contributed by atoms with Crippen molar-refractivity contribution < 1.29 is 19.4 Å². The number of ether oxygens (including phenoxy) is 1. The van der Waals surface area contributed by atoms with Crippen molar-refractivity contribution in [1.82, 2.24) is 0 Å². The van der Waals surface area contributed by atoms with E-state index in [1.54, 1.807) is 0 Å². The first-order valence-corrected chi connectivity index (χ1v) is 5.91. The third-order valence-corrected chi connectivity index (χ3v) is 2.86. The minimum atomic E-state index is -0.897. The molecule has 0 aromatic heterocycles. The van der Waals surface area contributed by atoms with E-state index >= 15 is 0 Å². The van der Waals surface area contributed by atoms with Gasteiger partial charge in [-0.25, -0.2) is 0 Å². The Labute approximate surface area is 107 Å². The first kappa shape index (κ1) is 14.2. The lowest BCUT2D eigenvalue weighted by atomic mass is 10.1. The Morgan fingerprint density at radius 2 is 1.72 bits per heavy atom. The first-order chi connectivity index (χ1) is 8.41. The lowest BCUT2D eigenvalue weighted by Crippen LogP contribution is -2.10. The van der Waals surface area contributed by atoms with E-state index in [0.717, 1.165) is 16.7 Å². The summed E-state index contributed by atoms with van der Waals surface area (Å²) in [4.78, 5) is 21.9. The molecule has 0 spiro atoms. The number of aliphatic carboxylic acids is 1. The van der Waals surface area contributed by atoms with E-state index in [9.17, 15) is 9.59 Å². The highest BCUT2D eigenvalue weighted by atomic mass is 16.5. The van der Waals surface area contributed by atoms with Gasteiger partial charge in [-0.3, -0.25) is 9.59 Å². The van der Waals surface area contributed by atoms with Gasteiger partial charge in [0.05, 0.1) is 0 Å². The number of aryl methyl sites for hydroxylation is 2. The lowest BCUT2D eigenvalue weighted by molar-refractivity contribution is -0.137. The fourth-order valence-electron chi connectivity index (χ4n) is 1.63. The van der Waals surface area contributed by atoms with Crippen LogP contribution in [0.3, 0.4) is 0 Å². The standard InChI is InChI=1S/C14H18O4/c1-9-7-8-10(2)14(11(9)3)18-13(17)6-4-5-12(15)16/h7-8H,4-6H2,1-3H3,(H,15,16). The molecule has 0 aliphatic carbocycles. The van der Waals surface area contributed by atoms with Crippen LogP contribution in [0.2, 0.25) is 0 Å². The quantitative estimate of drug-likeness (QED) is 0.644. The molecule has 0 saturated carbocycles. The molecule has 1 aromatic carbocycles. The highest BCUT2D eigenvalue weighted by molar-refractivity contribution is 5.74. The van der Waals surface area contributed by atoms with Crippen molar-refractivity contribution in [3.8, 4) is 5.75 Å². The number of carbonyl (C=O) groups is 2. The number of rotatable bonds is 5. The van der Waals surface area contributed by atoms with Crippen molar-refractivity contribution >= 4 is 11.9 Å². The zero-order chi connectivity index (χ0) is 13.7. The lowest BCUT2D eigenvalue weighted by Gasteiger charge is -2.12. The minimum Gasteiger partial charge on any atom is -0.481 e. The molecule has 0 heterocycles. The summed E-state index contributed by atoms with van der Waals surface area (Å²) in [5.74, 6) is -0.686. The third-order valence-electron chi connectivity index (χ3n) is 2.86. The SMILES string of the molecule is Cc1ccc(C)c(OC(=O)CCCC(=O)O)c1C. The summed E-state index contributed by atoms with van der Waals surface area (Å²) in [5.41, 5.74) is 2.92. The van der Waals surface area contributed by atoms with E-state index < -0.39 is 5.97 Å². The van der Waals surface area contributed by atoms with Gasteiger partial charge in [-0.2, -0.15) is 0 Å². The number of hydrogen-bond donors (Lipinski definition) is 1. The van der Waals surface area contributed by atoms with E-state index in [4.69, 9.17) is 9.84 Å². The summed E-state index contributed by atoms with van der Waals surface area (Å²) in [6.07, 6.45) is 0.415. The molecule has 0 radical (unpaired) electrons. The summed E-state index contributed by atoms with van der Waals surface area (Å²) in [6.45, 7) is 5.74. The summed E-state index contributed by atoms with van der Waals surface area (Å²) in [5, 5.41) is 8.49. The maximum absolute atomic E-state index is 11.6. The normalized spacial score (nSPS) is 10.2. The summed E-state index contributed by atoms with van der Waals surface area (Å²) in [7, 11) is 0. The molecule has 0 aliphatic heterocycles. The fourth-order valence-corrected chi connectivity index (χ4v) is 1.63. The predicted molar refractivity (Wildman–Crippen MR) is 67.8 cm³/mol. The molecule has 0 saturated heterocycles. The van der Waals surface area contributed by atoms with Crippen molar-refractivity contribution in [3.05, 3.63) is 28.8 Å². The smallest absolute Gasteiger partial charge is 0.311 e. The Kier molecular flexibility index (Phi) is 4.89. The molecule has 1 N–H and O–H groups in total. The molecule has 4 nitrogen and oxygen atoms in total. The van der Waals surface area contributed by atoms with Crippen molar-refractivity contribution in [1.29, 1.82) is 0 Å². The molecule has 18 heavy (non-hydrogen) atoms. The van der Waals surface area contributed by atoms with Crippen LogP contribution < -0.4 is 4.74 Å². The maximum atomic E-state index is 11.6. The molecule has 98 valence electrons. The van der Waals surface area contributed by atoms with Crippen LogP contribution >= 0.6 is 0 Å². The number of esters is 1. The monoisotopic (exact) mass is 250 g/mol. The highest BCUT2D eigenvalue weighted by Crippen LogP contribution is 2.26. The van der Waals surface area contributed by atoms with Gasteiger partial charge in [-0.15, -0.1) is 0 Å². The molecule has 0 aliphatic rings. The Bertz CT molecular complexity index is 463. The molecule has 0 amide bonds. The zero-order valence-corrected chi connectivity index (χ0v) is 10.9. The second-order valence-corrected chi connectivity index (χ2v) is 4.37. The van der Waals surface area contributed by atoms with E-state index in [1.165, 1.54) is 0 Å². The van der Waals surface area contributed by atoms with Gasteiger partial charge in [0.25, 0.3) is 0 Å². The highest BCUT2D eigenvalue weighted by Gasteiger charge is 2.11. The van der Waals surface area contributed by atoms with Crippen LogP contribution in [-0.2, 0) is 9.59 Å². The molecule has 0 unspecified atom stereocenters. The van der Waals surface area contributed by atoms with Crippen LogP contribution in [0.1, 0.15) is 36.0 Å². The zero-order valence-electron chi connectivity index (χ0n) is 10.9. The third kappa shape index (κ3) is 3.87. The van der Waals surface area contributed by atoms with Crippen LogP contribution in [0.15, 0.2) is 12.1 Å². The van der Waals surface area contributed by atoms with Crippen molar-refractivity contribution in [3.63, 3.8) is 0 Å². The van der Waals surface area contributed by atoms with Gasteiger partial charge in [0.1, 0.15) is 5.75 Å². The largest absolute Gasteiger partial charge is 0.481 e. The number of carbonyl (C=O) groups excluding carboxylic acids is 1. The van der Waals surface area contributed by atoms with Crippen LogP contribution in [-0.4, -0.2) is 17.0 Å². The number of hydrogen-bond acceptors (Lipinski definition) is 3. The Morgan fingerprint density at radius 1 is 1.11 bits per heavy atom. The van der Waals surface area contributed by atoms with Crippen LogP contribution in [0.4, 0.5) is 0 Å². The number of carboxylic acids is 1. The average molecular weight is 250 g/mol. The second-order valence-electron chi connectivity index (χ2n) is 4.37. The van der Waals surface area contributed by atoms with Gasteiger partial charge in [-0.05, 0) is 43.9 Å². The molecule has 1 aromatic rings. The number of benzene rings is 1. The first-order valence-electron chi connectivity index (χ1n) is 5.91. The van der Waals surface area contributed by atoms with Gasteiger partial charge >= 0.3 is 11.9 Å². The summed E-state index contributed by atoms with van der Waals surface area (Å²) < 4.78 is 5.31. The van der Waals surface area contributed by atoms with Crippen LogP contribution in [0.25, 0.3) is 0 Å². The molecule has 1 rings (SSSR count). The molecular formula is C14H18O4. The topological polar surface area (TPSA) is 63.6 Å². The van der Waals surface area contributed by atoms with Gasteiger partial charge in [0, 0.05) is 12.8 Å². The Balaban J connectivity index is 2.65. The second kappa shape index (κ2) is 6.19. The van der Waals surface area contributed by atoms with Gasteiger partial charge in [-0.1, -0.05) is 12.1 Å². The summed E-state index contributed by atoms with van der Waals surface area (Å²) >= 11 is 0. The number of carboxylic acid groups (broad SMARTS) is 1. The van der Waals surface area contributed by atoms with E-state index in [-0.39, 0.29) is 18.8 Å². The van der Waals surface area contributed by atoms with Gasteiger partial charge in [0.15, 0.2) is 0 Å². The Hall–Kier alpha value is -1.84. The molecule has 0 bridgehead atoms. The minimum absolute atomic E-state index is 0.0130. The van der Waals surface area contributed by atoms with Gasteiger partial charge < -0.3 is 9.84 Å². The van der Waals surface area contributed by atoms with Crippen molar-refractivity contribution in [2.75, 3.05) is 0 Å². The van der Waals surface area contributed by atoms with Gasteiger partial charge in [0.2, 0.25) is 0 Å². The van der Waals surface area contributed by atoms with E-state index in [0.29, 0.717) is 12.2 Å². The van der Waals surface area contributed by atoms with Crippen molar-refractivity contribution in [2.24, 2.45) is 0 Å². The maximum Gasteiger partial charge on any atom is 0.311 e. The molecule has 4 heteroatoms. The molecular weight excluding hydrogens is 232 g/mol.